The van der Waals surface area contributed by atoms with Gasteiger partial charge in [0.25, 0.3) is 0 Å². The summed E-state index contributed by atoms with van der Waals surface area (Å²) in [5, 5.41) is 13.5. The van der Waals surface area contributed by atoms with E-state index in [2.05, 4.69) is 40.2 Å². The molecule has 1 nitrogen and oxygen atoms in total. The number of aliphatic hydroxyl groups is 1. The second-order valence-corrected chi connectivity index (χ2v) is 6.41. The van der Waals surface area contributed by atoms with Gasteiger partial charge in [0.15, 0.2) is 0 Å². The first-order valence-corrected chi connectivity index (χ1v) is 7.91. The van der Waals surface area contributed by atoms with Crippen molar-refractivity contribution in [3.63, 3.8) is 0 Å². The predicted molar refractivity (Wildman–Crippen MR) is 91.8 cm³/mol. The van der Waals surface area contributed by atoms with Gasteiger partial charge in [0, 0.05) is 15.9 Å². The first-order chi connectivity index (χ1) is 10.1. The molecule has 3 rings (SSSR count). The molecule has 0 amide bonds. The van der Waals surface area contributed by atoms with Crippen LogP contribution in [-0.2, 0) is 6.42 Å². The van der Waals surface area contributed by atoms with Crippen molar-refractivity contribution in [2.45, 2.75) is 12.5 Å². The van der Waals surface area contributed by atoms with Crippen molar-refractivity contribution in [3.8, 4) is 0 Å². The molecule has 0 saturated carbocycles. The third-order valence-electron chi connectivity index (χ3n) is 3.56. The molecule has 0 aliphatic carbocycles. The molecule has 1 atom stereocenters. The fourth-order valence-electron chi connectivity index (χ4n) is 2.56. The molecule has 3 aromatic carbocycles. The average Bonchev–Trinajstić information content (AvgIpc) is 2.46. The standard InChI is InChI=1S/C18H14BrClO/c19-15-8-14(9-16(20)11-15)18(21)10-13-6-3-5-12-4-1-2-7-17(12)13/h1-9,11,18,21H,10H2. The molecule has 0 heterocycles. The van der Waals surface area contributed by atoms with Gasteiger partial charge in [-0.15, -0.1) is 0 Å². The van der Waals surface area contributed by atoms with Crippen molar-refractivity contribution < 1.29 is 5.11 Å². The van der Waals surface area contributed by atoms with E-state index in [1.54, 1.807) is 0 Å². The zero-order valence-corrected chi connectivity index (χ0v) is 13.6. The number of benzene rings is 3. The second-order valence-electron chi connectivity index (χ2n) is 5.06. The summed E-state index contributed by atoms with van der Waals surface area (Å²) in [5.74, 6) is 0. The van der Waals surface area contributed by atoms with Gasteiger partial charge in [-0.2, -0.15) is 0 Å². The van der Waals surface area contributed by atoms with Gasteiger partial charge < -0.3 is 5.11 Å². The van der Waals surface area contributed by atoms with Crippen LogP contribution in [0, 0.1) is 0 Å². The van der Waals surface area contributed by atoms with E-state index in [4.69, 9.17) is 11.6 Å². The monoisotopic (exact) mass is 360 g/mol. The maximum Gasteiger partial charge on any atom is 0.0831 e. The Balaban J connectivity index is 1.94. The molecule has 0 saturated heterocycles. The summed E-state index contributed by atoms with van der Waals surface area (Å²) in [5.41, 5.74) is 1.96. The highest BCUT2D eigenvalue weighted by Crippen LogP contribution is 2.28. The van der Waals surface area contributed by atoms with E-state index in [-0.39, 0.29) is 0 Å². The minimum atomic E-state index is -0.578. The number of fused-ring (bicyclic) bond motifs is 1. The van der Waals surface area contributed by atoms with Crippen LogP contribution in [0.5, 0.6) is 0 Å². The average molecular weight is 362 g/mol. The van der Waals surface area contributed by atoms with Crippen LogP contribution in [0.15, 0.2) is 65.1 Å². The molecule has 1 N–H and O–H groups in total. The van der Waals surface area contributed by atoms with E-state index in [0.29, 0.717) is 11.4 Å². The Kier molecular flexibility index (Phi) is 4.29. The van der Waals surface area contributed by atoms with E-state index in [0.717, 1.165) is 15.6 Å². The van der Waals surface area contributed by atoms with Crippen LogP contribution in [0.25, 0.3) is 10.8 Å². The van der Waals surface area contributed by atoms with Gasteiger partial charge >= 0.3 is 0 Å². The molecule has 0 aromatic heterocycles. The first-order valence-electron chi connectivity index (χ1n) is 6.74. The maximum absolute atomic E-state index is 10.5. The molecule has 0 bridgehead atoms. The SMILES string of the molecule is OC(Cc1cccc2ccccc12)c1cc(Cl)cc(Br)c1. The van der Waals surface area contributed by atoms with Crippen LogP contribution in [-0.4, -0.2) is 5.11 Å². The molecule has 0 radical (unpaired) electrons. The Morgan fingerprint density at radius 3 is 2.57 bits per heavy atom. The van der Waals surface area contributed by atoms with Crippen LogP contribution >= 0.6 is 27.5 Å². The van der Waals surface area contributed by atoms with Crippen LogP contribution in [0.2, 0.25) is 5.02 Å². The molecular weight excluding hydrogens is 348 g/mol. The molecular formula is C18H14BrClO. The zero-order chi connectivity index (χ0) is 14.8. The van der Waals surface area contributed by atoms with Crippen molar-refractivity contribution >= 4 is 38.3 Å². The van der Waals surface area contributed by atoms with E-state index >= 15 is 0 Å². The lowest BCUT2D eigenvalue weighted by Gasteiger charge is -2.14. The highest BCUT2D eigenvalue weighted by Gasteiger charge is 2.12. The molecule has 0 aliphatic rings. The lowest BCUT2D eigenvalue weighted by atomic mass is 9.97. The normalized spacial score (nSPS) is 12.5. The lowest BCUT2D eigenvalue weighted by Crippen LogP contribution is -2.02. The number of halogens is 2. The summed E-state index contributed by atoms with van der Waals surface area (Å²) >= 11 is 9.46. The van der Waals surface area contributed by atoms with Crippen molar-refractivity contribution in [1.29, 1.82) is 0 Å². The molecule has 21 heavy (non-hydrogen) atoms. The number of aliphatic hydroxyl groups excluding tert-OH is 1. The Morgan fingerprint density at radius 1 is 1.00 bits per heavy atom. The fourth-order valence-corrected chi connectivity index (χ4v) is 3.45. The smallest absolute Gasteiger partial charge is 0.0831 e. The highest BCUT2D eigenvalue weighted by molar-refractivity contribution is 9.10. The Bertz CT molecular complexity index is 760. The summed E-state index contributed by atoms with van der Waals surface area (Å²) in [6, 6.07) is 19.9. The van der Waals surface area contributed by atoms with Crippen molar-refractivity contribution in [3.05, 3.63) is 81.3 Å². The van der Waals surface area contributed by atoms with E-state index in [1.807, 2.05) is 36.4 Å². The van der Waals surface area contributed by atoms with Crippen molar-refractivity contribution in [1.82, 2.24) is 0 Å². The van der Waals surface area contributed by atoms with Gasteiger partial charge in [-0.05, 0) is 40.1 Å². The summed E-state index contributed by atoms with van der Waals surface area (Å²) in [6.07, 6.45) is -0.0143. The Hall–Kier alpha value is -1.35. The number of hydrogen-bond donors (Lipinski definition) is 1. The summed E-state index contributed by atoms with van der Waals surface area (Å²) in [4.78, 5) is 0. The lowest BCUT2D eigenvalue weighted by molar-refractivity contribution is 0.179. The quantitative estimate of drug-likeness (QED) is 0.650. The number of hydrogen-bond acceptors (Lipinski definition) is 1. The summed E-state index contributed by atoms with van der Waals surface area (Å²) < 4.78 is 0.877. The van der Waals surface area contributed by atoms with Crippen molar-refractivity contribution in [2.24, 2.45) is 0 Å². The minimum Gasteiger partial charge on any atom is -0.388 e. The van der Waals surface area contributed by atoms with Gasteiger partial charge in [0.05, 0.1) is 6.10 Å². The highest BCUT2D eigenvalue weighted by atomic mass is 79.9. The van der Waals surface area contributed by atoms with E-state index in [1.165, 1.54) is 10.8 Å². The van der Waals surface area contributed by atoms with Crippen LogP contribution in [0.1, 0.15) is 17.2 Å². The minimum absolute atomic E-state index is 0.564. The Morgan fingerprint density at radius 2 is 1.76 bits per heavy atom. The van der Waals surface area contributed by atoms with E-state index in [9.17, 15) is 5.11 Å². The molecule has 1 unspecified atom stereocenters. The van der Waals surface area contributed by atoms with Crippen molar-refractivity contribution in [2.75, 3.05) is 0 Å². The van der Waals surface area contributed by atoms with Gasteiger partial charge in [-0.25, -0.2) is 0 Å². The zero-order valence-electron chi connectivity index (χ0n) is 11.3. The summed E-state index contributed by atoms with van der Waals surface area (Å²) in [6.45, 7) is 0. The molecule has 3 aromatic rings. The predicted octanol–water partition coefficient (Wildman–Crippen LogP) is 5.53. The fraction of sp³-hybridized carbons (Fsp3) is 0.111. The molecule has 0 spiro atoms. The second kappa shape index (κ2) is 6.18. The van der Waals surface area contributed by atoms with Gasteiger partial charge in [-0.1, -0.05) is 70.0 Å². The summed E-state index contributed by atoms with van der Waals surface area (Å²) in [7, 11) is 0. The molecule has 0 aliphatic heterocycles. The topological polar surface area (TPSA) is 20.2 Å². The third-order valence-corrected chi connectivity index (χ3v) is 4.24. The van der Waals surface area contributed by atoms with Gasteiger partial charge in [-0.3, -0.25) is 0 Å². The Labute approximate surface area is 137 Å². The largest absolute Gasteiger partial charge is 0.388 e. The van der Waals surface area contributed by atoms with E-state index < -0.39 is 6.10 Å². The first kappa shape index (κ1) is 14.6. The third kappa shape index (κ3) is 3.29. The van der Waals surface area contributed by atoms with Crippen LogP contribution in [0.4, 0.5) is 0 Å². The van der Waals surface area contributed by atoms with Gasteiger partial charge in [0.2, 0.25) is 0 Å². The molecule has 106 valence electrons. The molecule has 3 heteroatoms. The number of rotatable bonds is 3. The van der Waals surface area contributed by atoms with Gasteiger partial charge in [0.1, 0.15) is 0 Å². The van der Waals surface area contributed by atoms with Crippen LogP contribution in [0.3, 0.4) is 0 Å². The maximum atomic E-state index is 10.5. The van der Waals surface area contributed by atoms with Crippen LogP contribution < -0.4 is 0 Å². The molecule has 0 fully saturated rings.